The highest BCUT2D eigenvalue weighted by molar-refractivity contribution is 6.48. The Bertz CT molecular complexity index is 430. The molecule has 0 N–H and O–H groups in total. The molecule has 0 amide bonds. The molecule has 1 radical (unpaired) electrons. The van der Waals surface area contributed by atoms with Crippen LogP contribution >= 0.6 is 0 Å². The van der Waals surface area contributed by atoms with Gasteiger partial charge in [0.15, 0.2) is 0 Å². The third-order valence-corrected chi connectivity index (χ3v) is 3.55. The van der Waals surface area contributed by atoms with E-state index in [-0.39, 0.29) is 0 Å². The first-order valence-corrected chi connectivity index (χ1v) is 9.20. The number of carbonyl (C=O) groups is 2. The van der Waals surface area contributed by atoms with E-state index >= 15 is 0 Å². The van der Waals surface area contributed by atoms with E-state index in [4.69, 9.17) is 13.9 Å². The summed E-state index contributed by atoms with van der Waals surface area (Å²) in [5.74, 6) is -0.600. The van der Waals surface area contributed by atoms with Gasteiger partial charge in [-0.05, 0) is 32.4 Å². The molecule has 5 nitrogen and oxygen atoms in total. The molecule has 121 valence electrons. The second kappa shape index (κ2) is 7.11. The van der Waals surface area contributed by atoms with Crippen molar-refractivity contribution in [3.05, 3.63) is 11.3 Å². The average molecular weight is 315 g/mol. The first-order chi connectivity index (χ1) is 9.39. The Balaban J connectivity index is 6.35. The zero-order valence-electron chi connectivity index (χ0n) is 14.5. The van der Waals surface area contributed by atoms with Gasteiger partial charge in [0.2, 0.25) is 0 Å². The molecule has 0 atom stereocenters. The maximum atomic E-state index is 12.2. The zero-order chi connectivity index (χ0) is 17.0. The molecular weight excluding hydrogens is 288 g/mol. The Morgan fingerprint density at radius 3 is 1.67 bits per heavy atom. The van der Waals surface area contributed by atoms with Gasteiger partial charge in [-0.2, -0.15) is 0 Å². The number of ether oxygens (including phenoxy) is 2. The van der Waals surface area contributed by atoms with Crippen molar-refractivity contribution in [1.29, 1.82) is 0 Å². The van der Waals surface area contributed by atoms with Crippen molar-refractivity contribution < 1.29 is 23.5 Å². The molecular formula is C15H27O5Si. The monoisotopic (exact) mass is 315 g/mol. The summed E-state index contributed by atoms with van der Waals surface area (Å²) in [7, 11) is 1.46. The quantitative estimate of drug-likeness (QED) is 0.338. The molecule has 0 aliphatic heterocycles. The molecule has 21 heavy (non-hydrogen) atoms. The van der Waals surface area contributed by atoms with Gasteiger partial charge in [-0.3, -0.25) is 4.79 Å². The molecule has 0 heterocycles. The van der Waals surface area contributed by atoms with Gasteiger partial charge >= 0.3 is 11.9 Å². The van der Waals surface area contributed by atoms with Crippen LogP contribution in [0.4, 0.5) is 0 Å². The Morgan fingerprint density at radius 1 is 0.905 bits per heavy atom. The normalized spacial score (nSPS) is 13.6. The van der Waals surface area contributed by atoms with Gasteiger partial charge in [-0.1, -0.05) is 20.8 Å². The summed E-state index contributed by atoms with van der Waals surface area (Å²) in [5, 5.41) is 0. The highest BCUT2D eigenvalue weighted by Crippen LogP contribution is 2.39. The van der Waals surface area contributed by atoms with Crippen molar-refractivity contribution in [1.82, 2.24) is 0 Å². The summed E-state index contributed by atoms with van der Waals surface area (Å²) in [5.41, 5.74) is -1.22. The number of esters is 2. The Morgan fingerprint density at radius 2 is 1.38 bits per heavy atom. The van der Waals surface area contributed by atoms with E-state index in [1.165, 1.54) is 14.2 Å². The van der Waals surface area contributed by atoms with Gasteiger partial charge < -0.3 is 13.9 Å². The topological polar surface area (TPSA) is 61.8 Å². The highest BCUT2D eigenvalue weighted by Gasteiger charge is 2.42. The molecule has 0 saturated carbocycles. The zero-order valence-corrected chi connectivity index (χ0v) is 15.5. The predicted octanol–water partition coefficient (Wildman–Crippen LogP) is 2.93. The van der Waals surface area contributed by atoms with E-state index in [9.17, 15) is 9.59 Å². The average Bonchev–Trinajstić information content (AvgIpc) is 2.34. The lowest BCUT2D eigenvalue weighted by Crippen LogP contribution is -2.36. The highest BCUT2D eigenvalue weighted by atomic mass is 28.3. The van der Waals surface area contributed by atoms with Crippen LogP contribution in [0.3, 0.4) is 0 Å². The van der Waals surface area contributed by atoms with Gasteiger partial charge in [-0.15, -0.1) is 0 Å². The molecule has 0 saturated heterocycles. The standard InChI is InChI=1S/C15H27O5Si/c1-14(2,3)10(12(16)18-6)11(20-21(8)9)15(4,5)13(17)19-7/h1-9H3. The summed E-state index contributed by atoms with van der Waals surface area (Å²) in [6, 6.07) is 0. The minimum absolute atomic E-state index is 0.340. The van der Waals surface area contributed by atoms with Gasteiger partial charge in [0.1, 0.15) is 11.2 Å². The molecule has 0 aromatic heterocycles. The van der Waals surface area contributed by atoms with E-state index < -0.39 is 31.8 Å². The summed E-state index contributed by atoms with van der Waals surface area (Å²) >= 11 is 0. The molecule has 0 bridgehead atoms. The predicted molar refractivity (Wildman–Crippen MR) is 82.9 cm³/mol. The number of hydrogen-bond donors (Lipinski definition) is 0. The SMILES string of the molecule is COC(=O)C(=C(O[Si](C)C)C(C)(C)C(=O)OC)C(C)(C)C. The summed E-state index contributed by atoms with van der Waals surface area (Å²) in [6.07, 6.45) is 0. The lowest BCUT2D eigenvalue weighted by molar-refractivity contribution is -0.150. The van der Waals surface area contributed by atoms with E-state index in [1.54, 1.807) is 13.8 Å². The third kappa shape index (κ3) is 4.88. The van der Waals surface area contributed by atoms with Gasteiger partial charge in [0.05, 0.1) is 19.8 Å². The fraction of sp³-hybridized carbons (Fsp3) is 0.733. The second-order valence-electron chi connectivity index (χ2n) is 6.57. The van der Waals surface area contributed by atoms with Crippen LogP contribution in [0.5, 0.6) is 0 Å². The molecule has 0 aliphatic rings. The number of hydrogen-bond acceptors (Lipinski definition) is 5. The van der Waals surface area contributed by atoms with Crippen molar-refractivity contribution in [3.63, 3.8) is 0 Å². The van der Waals surface area contributed by atoms with Gasteiger partial charge in [0, 0.05) is 0 Å². The van der Waals surface area contributed by atoms with Crippen molar-refractivity contribution in [2.45, 2.75) is 47.7 Å². The van der Waals surface area contributed by atoms with E-state index in [2.05, 4.69) is 0 Å². The number of rotatable bonds is 5. The van der Waals surface area contributed by atoms with Crippen molar-refractivity contribution in [3.8, 4) is 0 Å². The van der Waals surface area contributed by atoms with Gasteiger partial charge in [0.25, 0.3) is 9.04 Å². The van der Waals surface area contributed by atoms with Crippen LogP contribution in [0.15, 0.2) is 11.3 Å². The van der Waals surface area contributed by atoms with Gasteiger partial charge in [-0.25, -0.2) is 4.79 Å². The van der Waals surface area contributed by atoms with Crippen LogP contribution in [-0.2, 0) is 23.5 Å². The lowest BCUT2D eigenvalue weighted by Gasteiger charge is -2.33. The Kier molecular flexibility index (Phi) is 6.67. The van der Waals surface area contributed by atoms with E-state index in [0.29, 0.717) is 11.3 Å². The number of methoxy groups -OCH3 is 2. The fourth-order valence-electron chi connectivity index (χ4n) is 1.88. The molecule has 0 unspecified atom stereocenters. The van der Waals surface area contributed by atoms with Crippen LogP contribution < -0.4 is 0 Å². The van der Waals surface area contributed by atoms with Crippen LogP contribution in [0.1, 0.15) is 34.6 Å². The van der Waals surface area contributed by atoms with Crippen molar-refractivity contribution >= 4 is 21.0 Å². The first kappa shape index (κ1) is 19.7. The molecule has 6 heteroatoms. The molecule has 0 fully saturated rings. The lowest BCUT2D eigenvalue weighted by atomic mass is 9.78. The molecule has 0 spiro atoms. The summed E-state index contributed by atoms with van der Waals surface area (Å²) in [6.45, 7) is 12.9. The second-order valence-corrected chi connectivity index (χ2v) is 8.59. The maximum Gasteiger partial charge on any atom is 0.337 e. The molecule has 0 rings (SSSR count). The van der Waals surface area contributed by atoms with Crippen LogP contribution in [0.2, 0.25) is 13.1 Å². The smallest absolute Gasteiger partial charge is 0.337 e. The third-order valence-electron chi connectivity index (χ3n) is 2.94. The fourth-order valence-corrected chi connectivity index (χ4v) is 2.65. The molecule has 0 aromatic rings. The minimum atomic E-state index is -1.18. The van der Waals surface area contributed by atoms with Crippen LogP contribution in [-0.4, -0.2) is 35.2 Å². The van der Waals surface area contributed by atoms with E-state index in [0.717, 1.165) is 0 Å². The van der Waals surface area contributed by atoms with Crippen LogP contribution in [0, 0.1) is 10.8 Å². The minimum Gasteiger partial charge on any atom is -0.544 e. The maximum absolute atomic E-state index is 12.2. The Hall–Kier alpha value is -1.30. The molecule has 0 aromatic carbocycles. The summed E-state index contributed by atoms with van der Waals surface area (Å²) in [4.78, 5) is 24.4. The van der Waals surface area contributed by atoms with Crippen molar-refractivity contribution in [2.24, 2.45) is 10.8 Å². The molecule has 0 aliphatic carbocycles. The first-order valence-electron chi connectivity index (χ1n) is 6.79. The van der Waals surface area contributed by atoms with Crippen molar-refractivity contribution in [2.75, 3.05) is 14.2 Å². The number of carbonyl (C=O) groups excluding carboxylic acids is 2. The summed E-state index contributed by atoms with van der Waals surface area (Å²) < 4.78 is 15.7. The van der Waals surface area contributed by atoms with E-state index in [1.807, 2.05) is 33.9 Å². The largest absolute Gasteiger partial charge is 0.544 e. The Labute approximate surface area is 129 Å². The van der Waals surface area contributed by atoms with Crippen LogP contribution in [0.25, 0.3) is 0 Å².